The summed E-state index contributed by atoms with van der Waals surface area (Å²) in [5.74, 6) is 1.39. The molecule has 2 atom stereocenters. The Kier molecular flexibility index (Phi) is 2.04. The molecule has 0 aliphatic carbocycles. The van der Waals surface area contributed by atoms with E-state index in [4.69, 9.17) is 10.5 Å². The highest BCUT2D eigenvalue weighted by molar-refractivity contribution is 5.26. The quantitative estimate of drug-likeness (QED) is 0.746. The van der Waals surface area contributed by atoms with Gasteiger partial charge in [-0.3, -0.25) is 0 Å². The molecule has 0 fully saturated rings. The Morgan fingerprint density at radius 3 is 2.92 bits per heavy atom. The zero-order valence-electron chi connectivity index (χ0n) is 8.16. The van der Waals surface area contributed by atoms with E-state index in [1.807, 2.05) is 13.0 Å². The lowest BCUT2D eigenvalue weighted by Crippen LogP contribution is -2.24. The zero-order valence-corrected chi connectivity index (χ0v) is 8.16. The highest BCUT2D eigenvalue weighted by atomic mass is 16.5. The van der Waals surface area contributed by atoms with E-state index in [0.29, 0.717) is 5.92 Å². The van der Waals surface area contributed by atoms with E-state index in [1.165, 1.54) is 5.69 Å². The average Bonchev–Trinajstić information content (AvgIpc) is 2.61. The van der Waals surface area contributed by atoms with Gasteiger partial charge in [-0.25, -0.2) is 0 Å². The normalized spacial score (nSPS) is 19.3. The molecule has 72 valence electrons. The van der Waals surface area contributed by atoms with Crippen molar-refractivity contribution in [2.24, 2.45) is 5.73 Å². The minimum Gasteiger partial charge on any atom is -0.477 e. The fourth-order valence-electron chi connectivity index (χ4n) is 1.74. The van der Waals surface area contributed by atoms with Crippen LogP contribution in [0.1, 0.15) is 25.5 Å². The first-order chi connectivity index (χ1) is 6.20. The Hall–Kier alpha value is -0.960. The van der Waals surface area contributed by atoms with Crippen LogP contribution in [0.25, 0.3) is 0 Å². The lowest BCUT2D eigenvalue weighted by atomic mass is 10.0. The molecular formula is C10H16N2O. The van der Waals surface area contributed by atoms with Gasteiger partial charge in [-0.15, -0.1) is 0 Å². The number of hydrogen-bond donors (Lipinski definition) is 1. The molecule has 0 amide bonds. The Bertz CT molecular complexity index is 304. The smallest absolute Gasteiger partial charge is 0.193 e. The molecule has 0 saturated heterocycles. The van der Waals surface area contributed by atoms with Crippen molar-refractivity contribution in [3.8, 4) is 5.88 Å². The largest absolute Gasteiger partial charge is 0.477 e. The van der Waals surface area contributed by atoms with Crippen molar-refractivity contribution >= 4 is 0 Å². The van der Waals surface area contributed by atoms with E-state index in [9.17, 15) is 0 Å². The molecule has 13 heavy (non-hydrogen) atoms. The summed E-state index contributed by atoms with van der Waals surface area (Å²) < 4.78 is 7.65. The predicted molar refractivity (Wildman–Crippen MR) is 52.0 cm³/mol. The minimum atomic E-state index is 0.194. The van der Waals surface area contributed by atoms with Crippen molar-refractivity contribution < 1.29 is 4.74 Å². The van der Waals surface area contributed by atoms with Crippen LogP contribution in [-0.2, 0) is 6.54 Å². The SMILES string of the molecule is CC(N)C(C)c1ccc2n1CCO2. The first kappa shape index (κ1) is 8.63. The van der Waals surface area contributed by atoms with Crippen LogP contribution in [0.15, 0.2) is 12.1 Å². The van der Waals surface area contributed by atoms with Gasteiger partial charge in [-0.05, 0) is 13.0 Å². The molecule has 2 rings (SSSR count). The highest BCUT2D eigenvalue weighted by Gasteiger charge is 2.20. The standard InChI is InChI=1S/C10H16N2O/c1-7(8(2)11)9-3-4-10-12(9)5-6-13-10/h3-4,7-8H,5-6,11H2,1-2H3. The number of nitrogens with two attached hydrogens (primary N) is 1. The van der Waals surface area contributed by atoms with Gasteiger partial charge in [0.1, 0.15) is 6.61 Å². The molecule has 0 radical (unpaired) electrons. The van der Waals surface area contributed by atoms with Gasteiger partial charge in [-0.2, -0.15) is 0 Å². The fourth-order valence-corrected chi connectivity index (χ4v) is 1.74. The molecule has 1 aromatic rings. The van der Waals surface area contributed by atoms with Crippen molar-refractivity contribution in [1.29, 1.82) is 0 Å². The third-order valence-corrected chi connectivity index (χ3v) is 2.79. The molecule has 1 aliphatic heterocycles. The van der Waals surface area contributed by atoms with Crippen molar-refractivity contribution in [2.45, 2.75) is 32.4 Å². The Balaban J connectivity index is 2.30. The van der Waals surface area contributed by atoms with E-state index in [1.54, 1.807) is 0 Å². The van der Waals surface area contributed by atoms with Crippen molar-refractivity contribution in [3.63, 3.8) is 0 Å². The lowest BCUT2D eigenvalue weighted by molar-refractivity contribution is 0.357. The van der Waals surface area contributed by atoms with Crippen LogP contribution in [0.2, 0.25) is 0 Å². The summed E-state index contributed by atoms with van der Waals surface area (Å²) in [7, 11) is 0. The molecule has 2 unspecified atom stereocenters. The van der Waals surface area contributed by atoms with Gasteiger partial charge in [-0.1, -0.05) is 6.92 Å². The number of fused-ring (bicyclic) bond motifs is 1. The summed E-state index contributed by atoms with van der Waals surface area (Å²) in [5, 5.41) is 0. The zero-order chi connectivity index (χ0) is 9.42. The molecule has 0 bridgehead atoms. The van der Waals surface area contributed by atoms with E-state index in [0.717, 1.165) is 19.0 Å². The second-order valence-corrected chi connectivity index (χ2v) is 3.74. The summed E-state index contributed by atoms with van der Waals surface area (Å²) in [5.41, 5.74) is 7.16. The van der Waals surface area contributed by atoms with Crippen molar-refractivity contribution in [2.75, 3.05) is 6.61 Å². The van der Waals surface area contributed by atoms with Gasteiger partial charge in [0.25, 0.3) is 0 Å². The fraction of sp³-hybridized carbons (Fsp3) is 0.600. The van der Waals surface area contributed by atoms with Gasteiger partial charge in [0, 0.05) is 23.7 Å². The molecule has 0 saturated carbocycles. The molecule has 0 spiro atoms. The van der Waals surface area contributed by atoms with E-state index in [2.05, 4.69) is 17.6 Å². The first-order valence-corrected chi connectivity index (χ1v) is 4.78. The van der Waals surface area contributed by atoms with Crippen LogP contribution in [-0.4, -0.2) is 17.2 Å². The molecule has 1 aromatic heterocycles. The number of nitrogens with zero attached hydrogens (tertiary/aromatic N) is 1. The lowest BCUT2D eigenvalue weighted by Gasteiger charge is -2.16. The number of rotatable bonds is 2. The predicted octanol–water partition coefficient (Wildman–Crippen LogP) is 1.33. The molecule has 2 N–H and O–H groups in total. The summed E-state index contributed by atoms with van der Waals surface area (Å²) in [4.78, 5) is 0. The third kappa shape index (κ3) is 1.33. The van der Waals surface area contributed by atoms with Crippen LogP contribution in [0, 0.1) is 0 Å². The van der Waals surface area contributed by atoms with Gasteiger partial charge >= 0.3 is 0 Å². The average molecular weight is 180 g/mol. The van der Waals surface area contributed by atoms with E-state index in [-0.39, 0.29) is 6.04 Å². The Labute approximate surface area is 78.5 Å². The van der Waals surface area contributed by atoms with Crippen LogP contribution in [0.4, 0.5) is 0 Å². The topological polar surface area (TPSA) is 40.2 Å². The Morgan fingerprint density at radius 1 is 1.46 bits per heavy atom. The van der Waals surface area contributed by atoms with Gasteiger partial charge < -0.3 is 15.0 Å². The van der Waals surface area contributed by atoms with Gasteiger partial charge in [0.2, 0.25) is 0 Å². The maximum Gasteiger partial charge on any atom is 0.193 e. The van der Waals surface area contributed by atoms with Crippen LogP contribution in [0.3, 0.4) is 0 Å². The maximum atomic E-state index is 5.87. The summed E-state index contributed by atoms with van der Waals surface area (Å²) in [6.07, 6.45) is 0. The van der Waals surface area contributed by atoms with Gasteiger partial charge in [0.05, 0.1) is 6.54 Å². The second-order valence-electron chi connectivity index (χ2n) is 3.74. The monoisotopic (exact) mass is 180 g/mol. The van der Waals surface area contributed by atoms with Crippen molar-refractivity contribution in [3.05, 3.63) is 17.8 Å². The van der Waals surface area contributed by atoms with Crippen LogP contribution in [0.5, 0.6) is 5.88 Å². The maximum absolute atomic E-state index is 5.87. The molecule has 3 nitrogen and oxygen atoms in total. The van der Waals surface area contributed by atoms with Crippen molar-refractivity contribution in [1.82, 2.24) is 4.57 Å². The number of ether oxygens (including phenoxy) is 1. The minimum absolute atomic E-state index is 0.194. The van der Waals surface area contributed by atoms with Gasteiger partial charge in [0.15, 0.2) is 5.88 Å². The molecular weight excluding hydrogens is 164 g/mol. The number of hydrogen-bond acceptors (Lipinski definition) is 2. The molecule has 3 heteroatoms. The molecule has 2 heterocycles. The molecule has 1 aliphatic rings. The van der Waals surface area contributed by atoms with Crippen LogP contribution >= 0.6 is 0 Å². The Morgan fingerprint density at radius 2 is 2.23 bits per heavy atom. The summed E-state index contributed by atoms with van der Waals surface area (Å²) in [6, 6.07) is 4.34. The van der Waals surface area contributed by atoms with E-state index < -0.39 is 0 Å². The second kappa shape index (κ2) is 3.07. The van der Waals surface area contributed by atoms with E-state index >= 15 is 0 Å². The third-order valence-electron chi connectivity index (χ3n) is 2.79. The molecule has 0 aromatic carbocycles. The first-order valence-electron chi connectivity index (χ1n) is 4.78. The van der Waals surface area contributed by atoms with Crippen LogP contribution < -0.4 is 10.5 Å². The summed E-state index contributed by atoms with van der Waals surface area (Å²) in [6.45, 7) is 5.97. The highest BCUT2D eigenvalue weighted by Crippen LogP contribution is 2.28. The summed E-state index contributed by atoms with van der Waals surface area (Å²) >= 11 is 0. The number of aromatic nitrogens is 1.